The Balaban J connectivity index is 1.51. The number of hydrogen-bond acceptors (Lipinski definition) is 8. The van der Waals surface area contributed by atoms with E-state index in [1.807, 2.05) is 19.1 Å². The van der Waals surface area contributed by atoms with Crippen LogP contribution in [0.15, 0.2) is 24.7 Å². The van der Waals surface area contributed by atoms with Crippen LogP contribution in [0.2, 0.25) is 0 Å². The zero-order valence-corrected chi connectivity index (χ0v) is 16.8. The first-order valence-corrected chi connectivity index (χ1v) is 9.94. The summed E-state index contributed by atoms with van der Waals surface area (Å²) in [6.45, 7) is 2.14. The lowest BCUT2D eigenvalue weighted by atomic mass is 10.1. The molecule has 0 radical (unpaired) electrons. The molecule has 0 spiro atoms. The van der Waals surface area contributed by atoms with E-state index >= 15 is 0 Å². The topological polar surface area (TPSA) is 122 Å². The van der Waals surface area contributed by atoms with Crippen LogP contribution in [0.25, 0.3) is 22.8 Å². The maximum atomic E-state index is 12.8. The monoisotopic (exact) mass is 406 g/mol. The van der Waals surface area contributed by atoms with Gasteiger partial charge in [-0.3, -0.25) is 9.69 Å². The van der Waals surface area contributed by atoms with Crippen LogP contribution in [0, 0.1) is 6.92 Å². The lowest BCUT2D eigenvalue weighted by Gasteiger charge is -2.33. The maximum absolute atomic E-state index is 12.8. The lowest BCUT2D eigenvalue weighted by molar-refractivity contribution is -0.117. The third-order valence-electron chi connectivity index (χ3n) is 5.73. The number of fused-ring (bicyclic) bond motifs is 1. The minimum Gasteiger partial charge on any atom is -0.381 e. The molecule has 1 saturated carbocycles. The summed E-state index contributed by atoms with van der Waals surface area (Å²) < 4.78 is 5.50. The number of nitrogens with zero attached hydrogens (tertiary/aromatic N) is 6. The van der Waals surface area contributed by atoms with Crippen LogP contribution in [0.5, 0.6) is 0 Å². The second-order valence-electron chi connectivity index (χ2n) is 7.54. The summed E-state index contributed by atoms with van der Waals surface area (Å²) in [6.07, 6.45) is 6.04. The van der Waals surface area contributed by atoms with Gasteiger partial charge in [0.2, 0.25) is 5.91 Å². The van der Waals surface area contributed by atoms with E-state index in [4.69, 9.17) is 9.72 Å². The highest BCUT2D eigenvalue weighted by atomic mass is 16.5. The second-order valence-corrected chi connectivity index (χ2v) is 7.54. The van der Waals surface area contributed by atoms with E-state index in [1.165, 1.54) is 6.33 Å². The molecule has 1 aliphatic heterocycles. The van der Waals surface area contributed by atoms with E-state index in [0.717, 1.165) is 30.5 Å². The van der Waals surface area contributed by atoms with E-state index in [9.17, 15) is 4.79 Å². The number of carbonyl (C=O) groups is 1. The molecule has 30 heavy (non-hydrogen) atoms. The summed E-state index contributed by atoms with van der Waals surface area (Å²) in [5.74, 6) is 1.81. The van der Waals surface area contributed by atoms with Crippen LogP contribution >= 0.6 is 0 Å². The summed E-state index contributed by atoms with van der Waals surface area (Å²) in [6, 6.07) is 3.88. The first kappa shape index (κ1) is 18.6. The van der Waals surface area contributed by atoms with Crippen molar-refractivity contribution in [1.29, 1.82) is 0 Å². The molecule has 10 nitrogen and oxygen atoms in total. The van der Waals surface area contributed by atoms with Crippen molar-refractivity contribution in [2.75, 3.05) is 23.9 Å². The highest BCUT2D eigenvalue weighted by Gasteiger charge is 2.37. The Hall–Kier alpha value is -3.40. The molecule has 1 fully saturated rings. The van der Waals surface area contributed by atoms with Gasteiger partial charge in [-0.05, 0) is 38.3 Å². The molecule has 0 unspecified atom stereocenters. The third-order valence-corrected chi connectivity index (χ3v) is 5.73. The Kier molecular flexibility index (Phi) is 4.62. The number of nitrogens with one attached hydrogen (secondary N) is 2. The van der Waals surface area contributed by atoms with E-state index in [2.05, 4.69) is 30.5 Å². The molecule has 154 valence electrons. The Morgan fingerprint density at radius 1 is 1.20 bits per heavy atom. The summed E-state index contributed by atoms with van der Waals surface area (Å²) in [4.78, 5) is 31.5. The number of ether oxygens (including phenoxy) is 1. The average Bonchev–Trinajstić information content (AvgIpc) is 3.45. The van der Waals surface area contributed by atoms with Crippen molar-refractivity contribution in [3.63, 3.8) is 0 Å². The number of aromatic amines is 1. The van der Waals surface area contributed by atoms with Gasteiger partial charge < -0.3 is 15.0 Å². The standard InChI is InChI=1S/C20H22N8O2/c1-11-14(5-6-15(25-11)18-23-10-24-27-18)16-8-21-19-20(26-16)28(17(29)9-22-19)12-3-4-13(7-12)30-2/h5-6,8,10,12-13H,3-4,7,9H2,1-2H3,(H,21,22)(H,23,24,27)/t12-,13+/m1/s1. The van der Waals surface area contributed by atoms with Gasteiger partial charge in [-0.2, -0.15) is 0 Å². The van der Waals surface area contributed by atoms with E-state index in [1.54, 1.807) is 18.2 Å². The van der Waals surface area contributed by atoms with Gasteiger partial charge in [-0.15, -0.1) is 10.2 Å². The number of rotatable bonds is 4. The number of carbonyl (C=O) groups excluding carboxylic acids is 1. The number of hydrogen-bond donors (Lipinski definition) is 2. The third kappa shape index (κ3) is 3.18. The fourth-order valence-electron chi connectivity index (χ4n) is 4.20. The van der Waals surface area contributed by atoms with Crippen molar-refractivity contribution >= 4 is 17.5 Å². The van der Waals surface area contributed by atoms with Crippen molar-refractivity contribution in [3.05, 3.63) is 30.4 Å². The van der Waals surface area contributed by atoms with Crippen LogP contribution in [-0.4, -0.2) is 61.8 Å². The quantitative estimate of drug-likeness (QED) is 0.674. The molecular formula is C20H22N8O2. The van der Waals surface area contributed by atoms with Crippen LogP contribution in [0.3, 0.4) is 0 Å². The summed E-state index contributed by atoms with van der Waals surface area (Å²) in [7, 11) is 1.72. The zero-order chi connectivity index (χ0) is 20.7. The Morgan fingerprint density at radius 3 is 2.83 bits per heavy atom. The van der Waals surface area contributed by atoms with Gasteiger partial charge in [0.05, 0.1) is 24.5 Å². The molecule has 0 saturated heterocycles. The van der Waals surface area contributed by atoms with Crippen LogP contribution in [-0.2, 0) is 9.53 Å². The first-order chi connectivity index (χ1) is 14.6. The Labute approximate surface area is 173 Å². The summed E-state index contributed by atoms with van der Waals surface area (Å²) in [5, 5.41) is 10.9. The molecule has 4 heterocycles. The van der Waals surface area contributed by atoms with Crippen LogP contribution < -0.4 is 10.2 Å². The fraction of sp³-hybridized carbons (Fsp3) is 0.400. The van der Waals surface area contributed by atoms with Crippen molar-refractivity contribution < 1.29 is 9.53 Å². The zero-order valence-electron chi connectivity index (χ0n) is 16.8. The van der Waals surface area contributed by atoms with Gasteiger partial charge in [0.1, 0.15) is 12.0 Å². The summed E-state index contributed by atoms with van der Waals surface area (Å²) in [5.41, 5.74) is 3.02. The Morgan fingerprint density at radius 2 is 2.10 bits per heavy atom. The number of aromatic nitrogens is 6. The molecule has 10 heteroatoms. The minimum atomic E-state index is 0.00576. The van der Waals surface area contributed by atoms with Crippen molar-refractivity contribution in [2.45, 2.75) is 38.3 Å². The molecule has 1 amide bonds. The minimum absolute atomic E-state index is 0.00576. The molecule has 5 rings (SSSR count). The van der Waals surface area contributed by atoms with Gasteiger partial charge in [0.15, 0.2) is 17.5 Å². The smallest absolute Gasteiger partial charge is 0.247 e. The van der Waals surface area contributed by atoms with Gasteiger partial charge in [-0.1, -0.05) is 0 Å². The van der Waals surface area contributed by atoms with Gasteiger partial charge >= 0.3 is 0 Å². The normalized spacial score (nSPS) is 20.9. The van der Waals surface area contributed by atoms with Crippen LogP contribution in [0.4, 0.5) is 11.6 Å². The average molecular weight is 406 g/mol. The van der Waals surface area contributed by atoms with Crippen LogP contribution in [0.1, 0.15) is 25.0 Å². The summed E-state index contributed by atoms with van der Waals surface area (Å²) >= 11 is 0. The SMILES string of the molecule is CO[C@H]1CC[C@@H](N2C(=O)CNc3ncc(-c4ccc(-c5nnc[nH]5)nc4C)nc32)C1. The van der Waals surface area contributed by atoms with E-state index in [-0.39, 0.29) is 24.6 Å². The van der Waals surface area contributed by atoms with E-state index < -0.39 is 0 Å². The number of anilines is 2. The first-order valence-electron chi connectivity index (χ1n) is 9.94. The van der Waals surface area contributed by atoms with Crippen molar-refractivity contribution in [1.82, 2.24) is 30.1 Å². The predicted molar refractivity (Wildman–Crippen MR) is 110 cm³/mol. The molecule has 3 aromatic rings. The largest absolute Gasteiger partial charge is 0.381 e. The number of methoxy groups -OCH3 is 1. The molecular weight excluding hydrogens is 384 g/mol. The second kappa shape index (κ2) is 7.45. The van der Waals surface area contributed by atoms with Gasteiger partial charge in [0, 0.05) is 24.4 Å². The van der Waals surface area contributed by atoms with Crippen molar-refractivity contribution in [3.8, 4) is 22.8 Å². The molecule has 3 aromatic heterocycles. The number of aryl methyl sites for hydroxylation is 1. The molecule has 2 atom stereocenters. The lowest BCUT2D eigenvalue weighted by Crippen LogP contribution is -2.46. The van der Waals surface area contributed by atoms with Crippen molar-refractivity contribution in [2.24, 2.45) is 0 Å². The van der Waals surface area contributed by atoms with Gasteiger partial charge in [0.25, 0.3) is 0 Å². The molecule has 0 aromatic carbocycles. The molecule has 2 aliphatic rings. The predicted octanol–water partition coefficient (Wildman–Crippen LogP) is 1.96. The van der Waals surface area contributed by atoms with E-state index in [0.29, 0.717) is 28.8 Å². The highest BCUT2D eigenvalue weighted by molar-refractivity contribution is 6.01. The molecule has 2 N–H and O–H groups in total. The number of H-pyrrole nitrogens is 1. The van der Waals surface area contributed by atoms with Gasteiger partial charge in [-0.25, -0.2) is 15.0 Å². The highest BCUT2D eigenvalue weighted by Crippen LogP contribution is 2.35. The number of amides is 1. The fourth-order valence-corrected chi connectivity index (χ4v) is 4.20. The molecule has 0 bridgehead atoms. The maximum Gasteiger partial charge on any atom is 0.247 e. The Bertz CT molecular complexity index is 1080. The number of pyridine rings is 1. The molecule has 1 aliphatic carbocycles.